The van der Waals surface area contributed by atoms with Crippen molar-refractivity contribution < 1.29 is 18.9 Å². The van der Waals surface area contributed by atoms with Gasteiger partial charge in [-0.2, -0.15) is 10.5 Å². The summed E-state index contributed by atoms with van der Waals surface area (Å²) >= 11 is 0. The molecule has 24 heavy (non-hydrogen) atoms. The number of benzene rings is 1. The number of amidine groups is 1. The molecular formula is C16H12N4O4. The van der Waals surface area contributed by atoms with Crippen LogP contribution in [0.1, 0.15) is 11.5 Å². The summed E-state index contributed by atoms with van der Waals surface area (Å²) in [4.78, 5) is 4.23. The molecule has 120 valence electrons. The van der Waals surface area contributed by atoms with Crippen LogP contribution in [0.25, 0.3) is 0 Å². The Morgan fingerprint density at radius 1 is 1.12 bits per heavy atom. The second-order valence-electron chi connectivity index (χ2n) is 6.16. The highest BCUT2D eigenvalue weighted by Gasteiger charge is 2.94. The molecule has 1 aromatic rings. The van der Waals surface area contributed by atoms with Crippen LogP contribution in [0.15, 0.2) is 23.2 Å². The van der Waals surface area contributed by atoms with Crippen molar-refractivity contribution in [3.8, 4) is 23.6 Å². The van der Waals surface area contributed by atoms with Crippen LogP contribution in [0.2, 0.25) is 0 Å². The first-order chi connectivity index (χ1) is 11.6. The van der Waals surface area contributed by atoms with E-state index in [1.54, 1.807) is 12.1 Å². The van der Waals surface area contributed by atoms with Gasteiger partial charge in [0.25, 0.3) is 5.91 Å². The van der Waals surface area contributed by atoms with Crippen molar-refractivity contribution in [2.75, 3.05) is 20.0 Å². The van der Waals surface area contributed by atoms with E-state index in [1.807, 2.05) is 6.07 Å². The van der Waals surface area contributed by atoms with E-state index in [1.165, 1.54) is 0 Å². The van der Waals surface area contributed by atoms with Gasteiger partial charge in [0.1, 0.15) is 11.3 Å². The summed E-state index contributed by atoms with van der Waals surface area (Å²) in [7, 11) is 0. The Kier molecular flexibility index (Phi) is 2.26. The van der Waals surface area contributed by atoms with Crippen LogP contribution in [0.4, 0.5) is 0 Å². The van der Waals surface area contributed by atoms with Crippen LogP contribution >= 0.6 is 0 Å². The van der Waals surface area contributed by atoms with E-state index in [9.17, 15) is 10.5 Å². The normalized spacial score (nSPS) is 36.8. The van der Waals surface area contributed by atoms with E-state index in [0.717, 1.165) is 5.56 Å². The van der Waals surface area contributed by atoms with Crippen molar-refractivity contribution in [1.29, 1.82) is 10.5 Å². The molecule has 0 radical (unpaired) electrons. The molecule has 5 rings (SSSR count). The first-order valence-corrected chi connectivity index (χ1v) is 7.51. The van der Waals surface area contributed by atoms with E-state index >= 15 is 0 Å². The molecule has 3 heterocycles. The Morgan fingerprint density at radius 3 is 2.58 bits per heavy atom. The highest BCUT2D eigenvalue weighted by molar-refractivity contribution is 6.00. The minimum absolute atomic E-state index is 0.0797. The average molecular weight is 324 g/mol. The van der Waals surface area contributed by atoms with Crippen LogP contribution in [0.3, 0.4) is 0 Å². The van der Waals surface area contributed by atoms with Gasteiger partial charge < -0.3 is 24.7 Å². The van der Waals surface area contributed by atoms with E-state index in [4.69, 9.17) is 24.7 Å². The highest BCUT2D eigenvalue weighted by Crippen LogP contribution is 2.82. The predicted molar refractivity (Wildman–Crippen MR) is 77.7 cm³/mol. The van der Waals surface area contributed by atoms with Crippen LogP contribution < -0.4 is 15.2 Å². The summed E-state index contributed by atoms with van der Waals surface area (Å²) in [6.07, 6.45) is 0. The largest absolute Gasteiger partial charge is 0.454 e. The van der Waals surface area contributed by atoms with E-state index in [2.05, 4.69) is 17.1 Å². The quantitative estimate of drug-likeness (QED) is 0.802. The van der Waals surface area contributed by atoms with E-state index in [0.29, 0.717) is 24.7 Å². The lowest BCUT2D eigenvalue weighted by molar-refractivity contribution is -0.184. The van der Waals surface area contributed by atoms with Gasteiger partial charge in [-0.15, -0.1) is 0 Å². The summed E-state index contributed by atoms with van der Waals surface area (Å²) in [5.74, 6) is -0.730. The molecule has 0 bridgehead atoms. The zero-order valence-corrected chi connectivity index (χ0v) is 12.5. The Bertz CT molecular complexity index is 879. The molecule has 2 N–H and O–H groups in total. The zero-order chi connectivity index (χ0) is 16.6. The van der Waals surface area contributed by atoms with Crippen molar-refractivity contribution in [2.24, 2.45) is 21.6 Å². The maximum absolute atomic E-state index is 9.99. The number of nitriles is 2. The second-order valence-corrected chi connectivity index (χ2v) is 6.16. The van der Waals surface area contributed by atoms with E-state index in [-0.39, 0.29) is 12.6 Å². The van der Waals surface area contributed by atoms with Gasteiger partial charge >= 0.3 is 0 Å². The van der Waals surface area contributed by atoms with Gasteiger partial charge in [0, 0.05) is 5.92 Å². The summed E-state index contributed by atoms with van der Waals surface area (Å²) in [5.41, 5.74) is 4.26. The molecule has 0 aromatic heterocycles. The Labute approximate surface area is 137 Å². The number of rotatable bonds is 1. The molecule has 8 heteroatoms. The number of hydrogen-bond donors (Lipinski definition) is 1. The Balaban J connectivity index is 1.70. The lowest BCUT2D eigenvalue weighted by atomic mass is 9.94. The number of nitrogens with zero attached hydrogens (tertiary/aromatic N) is 3. The summed E-state index contributed by atoms with van der Waals surface area (Å²) < 4.78 is 22.1. The summed E-state index contributed by atoms with van der Waals surface area (Å²) in [6, 6.07) is 9.81. The fraction of sp³-hybridized carbons (Fsp3) is 0.438. The molecule has 4 aliphatic rings. The molecule has 1 aromatic carbocycles. The fourth-order valence-corrected chi connectivity index (χ4v) is 4.31. The van der Waals surface area contributed by atoms with Crippen LogP contribution in [0.5, 0.6) is 11.5 Å². The molecule has 1 saturated heterocycles. The second kappa shape index (κ2) is 3.99. The van der Waals surface area contributed by atoms with Crippen molar-refractivity contribution in [3.63, 3.8) is 0 Å². The van der Waals surface area contributed by atoms with Crippen molar-refractivity contribution in [3.05, 3.63) is 23.8 Å². The molecule has 1 saturated carbocycles. The number of fused-ring (bicyclic) bond motifs is 3. The average Bonchev–Trinajstić information content (AvgIpc) is 2.99. The van der Waals surface area contributed by atoms with Crippen molar-refractivity contribution in [1.82, 2.24) is 0 Å². The third-order valence-electron chi connectivity index (χ3n) is 5.34. The topological polar surface area (TPSA) is 123 Å². The summed E-state index contributed by atoms with van der Waals surface area (Å²) in [6.45, 7) is 0.751. The third-order valence-corrected chi connectivity index (χ3v) is 5.34. The number of ether oxygens (including phenoxy) is 4. The molecule has 3 aliphatic heterocycles. The lowest BCUT2D eigenvalue weighted by Crippen LogP contribution is -2.38. The maximum atomic E-state index is 9.99. The predicted octanol–water partition coefficient (Wildman–Crippen LogP) is 0.604. The molecule has 1 spiro atoms. The smallest absolute Gasteiger partial charge is 0.293 e. The molecule has 0 amide bonds. The Hall–Kier alpha value is -2.81. The molecule has 3 atom stereocenters. The Morgan fingerprint density at radius 2 is 1.88 bits per heavy atom. The van der Waals surface area contributed by atoms with Gasteiger partial charge in [0.2, 0.25) is 6.79 Å². The number of nitrogens with two attached hydrogens (primary N) is 1. The van der Waals surface area contributed by atoms with Gasteiger partial charge in [-0.25, -0.2) is 4.99 Å². The third kappa shape index (κ3) is 1.15. The van der Waals surface area contributed by atoms with Gasteiger partial charge in [0.15, 0.2) is 16.9 Å². The molecule has 0 unspecified atom stereocenters. The molecule has 2 fully saturated rings. The first-order valence-electron chi connectivity index (χ1n) is 7.51. The monoisotopic (exact) mass is 324 g/mol. The van der Waals surface area contributed by atoms with Crippen LogP contribution in [-0.4, -0.2) is 31.8 Å². The molecular weight excluding hydrogens is 312 g/mol. The van der Waals surface area contributed by atoms with Gasteiger partial charge in [0.05, 0.1) is 25.4 Å². The van der Waals surface area contributed by atoms with Gasteiger partial charge in [-0.3, -0.25) is 0 Å². The summed E-state index contributed by atoms with van der Waals surface area (Å²) in [5, 5.41) is 19.9. The van der Waals surface area contributed by atoms with Gasteiger partial charge in [-0.1, -0.05) is 6.07 Å². The SMILES string of the molecule is N#C[C@]12C(N)=NC3(OCCO3)[C@@]1(C#N)[C@H]2c1ccc2c(c1)OCO2. The number of aliphatic imine (C=N–C) groups is 1. The molecule has 1 aliphatic carbocycles. The highest BCUT2D eigenvalue weighted by atomic mass is 16.8. The minimum Gasteiger partial charge on any atom is -0.454 e. The minimum atomic E-state index is -1.51. The first kappa shape index (κ1) is 13.6. The van der Waals surface area contributed by atoms with Crippen LogP contribution in [0, 0.1) is 33.5 Å². The maximum Gasteiger partial charge on any atom is 0.293 e. The van der Waals surface area contributed by atoms with Crippen molar-refractivity contribution in [2.45, 2.75) is 11.8 Å². The van der Waals surface area contributed by atoms with E-state index < -0.39 is 22.7 Å². The zero-order valence-electron chi connectivity index (χ0n) is 12.5. The van der Waals surface area contributed by atoms with Crippen LogP contribution in [-0.2, 0) is 9.47 Å². The molecule has 8 nitrogen and oxygen atoms in total. The lowest BCUT2D eigenvalue weighted by Gasteiger charge is -2.25. The fourth-order valence-electron chi connectivity index (χ4n) is 4.31. The van der Waals surface area contributed by atoms with Gasteiger partial charge in [-0.05, 0) is 17.7 Å². The van der Waals surface area contributed by atoms with Crippen molar-refractivity contribution >= 4 is 5.84 Å². The number of hydrogen-bond acceptors (Lipinski definition) is 8. The standard InChI is InChI=1S/C16H12N4O4/c17-6-14-12(9-1-2-10-11(5-9)22-8-21-10)15(14,7-18)16(20-13(14)19)23-3-4-24-16/h1-2,5,12H,3-4,8H2,(H2,19,20)/t12-,14-,15-/m0/s1.